The predicted octanol–water partition coefficient (Wildman–Crippen LogP) is 2.45. The predicted molar refractivity (Wildman–Crippen MR) is 85.2 cm³/mol. The first-order chi connectivity index (χ1) is 10.0. The molecule has 1 aliphatic carbocycles. The van der Waals surface area contributed by atoms with Crippen molar-refractivity contribution >= 4 is 0 Å². The summed E-state index contributed by atoms with van der Waals surface area (Å²) < 4.78 is 5.72. The van der Waals surface area contributed by atoms with Crippen LogP contribution in [-0.2, 0) is 13.1 Å². The van der Waals surface area contributed by atoms with Crippen LogP contribution >= 0.6 is 0 Å². The minimum atomic E-state index is 0.288. The summed E-state index contributed by atoms with van der Waals surface area (Å²) in [5.74, 6) is 1.15. The van der Waals surface area contributed by atoms with Gasteiger partial charge in [-0.15, -0.1) is 0 Å². The van der Waals surface area contributed by atoms with Gasteiger partial charge >= 0.3 is 0 Å². The van der Waals surface area contributed by atoms with Crippen molar-refractivity contribution < 1.29 is 4.42 Å². The molecule has 1 saturated carbocycles. The van der Waals surface area contributed by atoms with E-state index < -0.39 is 0 Å². The van der Waals surface area contributed by atoms with Gasteiger partial charge in [-0.25, -0.2) is 0 Å². The molecule has 4 heteroatoms. The maximum Gasteiger partial charge on any atom is 0.122 e. The summed E-state index contributed by atoms with van der Waals surface area (Å²) in [6.45, 7) is 13.4. The first kappa shape index (κ1) is 15.1. The van der Waals surface area contributed by atoms with E-state index >= 15 is 0 Å². The van der Waals surface area contributed by atoms with Crippen LogP contribution < -0.4 is 5.32 Å². The monoisotopic (exact) mass is 291 g/mol. The molecule has 1 N–H and O–H groups in total. The Hall–Kier alpha value is -0.840. The normalized spacial score (nSPS) is 21.9. The van der Waals surface area contributed by atoms with Gasteiger partial charge < -0.3 is 9.73 Å². The van der Waals surface area contributed by atoms with E-state index in [1.165, 1.54) is 18.4 Å². The Labute approximate surface area is 128 Å². The van der Waals surface area contributed by atoms with Crippen LogP contribution in [0.1, 0.15) is 44.9 Å². The highest BCUT2D eigenvalue weighted by Gasteiger charge is 2.26. The number of hydrogen-bond acceptors (Lipinski definition) is 4. The van der Waals surface area contributed by atoms with Gasteiger partial charge in [0.1, 0.15) is 5.76 Å². The largest absolute Gasteiger partial charge is 0.468 e. The summed E-state index contributed by atoms with van der Waals surface area (Å²) in [5, 5.41) is 3.58. The molecule has 1 saturated heterocycles. The second-order valence-corrected chi connectivity index (χ2v) is 7.46. The minimum Gasteiger partial charge on any atom is -0.468 e. The van der Waals surface area contributed by atoms with Crippen molar-refractivity contribution in [3.63, 3.8) is 0 Å². The molecular weight excluding hydrogens is 262 g/mol. The summed E-state index contributed by atoms with van der Waals surface area (Å²) in [7, 11) is 0. The zero-order chi connectivity index (χ0) is 14.9. The Kier molecular flexibility index (Phi) is 4.38. The highest BCUT2D eigenvalue weighted by atomic mass is 16.3. The van der Waals surface area contributed by atoms with Crippen molar-refractivity contribution in [3.8, 4) is 0 Å². The molecule has 0 unspecified atom stereocenters. The van der Waals surface area contributed by atoms with Gasteiger partial charge in [0, 0.05) is 49.9 Å². The number of nitrogens with zero attached hydrogens (tertiary/aromatic N) is 2. The molecule has 0 radical (unpaired) electrons. The van der Waals surface area contributed by atoms with Crippen molar-refractivity contribution in [3.05, 3.63) is 23.7 Å². The maximum atomic E-state index is 5.72. The van der Waals surface area contributed by atoms with Crippen LogP contribution in [-0.4, -0.2) is 47.6 Å². The quantitative estimate of drug-likeness (QED) is 0.903. The number of furan rings is 1. The molecule has 2 fully saturated rings. The molecule has 2 heterocycles. The zero-order valence-electron chi connectivity index (χ0n) is 13.7. The summed E-state index contributed by atoms with van der Waals surface area (Å²) >= 11 is 0. The molecule has 0 atom stereocenters. The molecule has 118 valence electrons. The zero-order valence-corrected chi connectivity index (χ0v) is 13.7. The molecule has 1 aromatic heterocycles. The van der Waals surface area contributed by atoms with Gasteiger partial charge in [-0.2, -0.15) is 0 Å². The first-order valence-electron chi connectivity index (χ1n) is 8.28. The number of nitrogens with one attached hydrogen (secondary N) is 1. The van der Waals surface area contributed by atoms with Crippen molar-refractivity contribution in [1.82, 2.24) is 15.1 Å². The van der Waals surface area contributed by atoms with Gasteiger partial charge in [0.25, 0.3) is 0 Å². The number of piperazine rings is 1. The Bertz CT molecular complexity index is 451. The molecule has 0 bridgehead atoms. The third-order valence-corrected chi connectivity index (χ3v) is 4.68. The lowest BCUT2D eigenvalue weighted by molar-refractivity contribution is 0.0561. The molecule has 3 rings (SSSR count). The highest BCUT2D eigenvalue weighted by molar-refractivity contribution is 5.17. The van der Waals surface area contributed by atoms with Gasteiger partial charge in [-0.05, 0) is 39.7 Å². The van der Waals surface area contributed by atoms with Crippen molar-refractivity contribution in [2.24, 2.45) is 0 Å². The third kappa shape index (κ3) is 4.09. The fourth-order valence-electron chi connectivity index (χ4n) is 2.98. The fraction of sp³-hybridized carbons (Fsp3) is 0.765. The van der Waals surface area contributed by atoms with Gasteiger partial charge in [0.15, 0.2) is 0 Å². The third-order valence-electron chi connectivity index (χ3n) is 4.68. The second-order valence-electron chi connectivity index (χ2n) is 7.46. The molecule has 4 nitrogen and oxygen atoms in total. The van der Waals surface area contributed by atoms with Crippen LogP contribution in [0.3, 0.4) is 0 Å². The lowest BCUT2D eigenvalue weighted by Crippen LogP contribution is -2.53. The molecule has 1 aromatic rings. The Morgan fingerprint density at radius 1 is 1.19 bits per heavy atom. The maximum absolute atomic E-state index is 5.72. The molecule has 21 heavy (non-hydrogen) atoms. The van der Waals surface area contributed by atoms with Crippen LogP contribution in [0.15, 0.2) is 16.7 Å². The Balaban J connectivity index is 1.49. The van der Waals surface area contributed by atoms with Gasteiger partial charge in [0.05, 0.1) is 12.8 Å². The van der Waals surface area contributed by atoms with Gasteiger partial charge in [-0.3, -0.25) is 9.80 Å². The van der Waals surface area contributed by atoms with E-state index in [2.05, 4.69) is 42.0 Å². The SMILES string of the molecule is CC(C)(C)N1CCN(Cc2occc2CNC2CC2)CC1. The van der Waals surface area contributed by atoms with Crippen molar-refractivity contribution in [2.75, 3.05) is 26.2 Å². The van der Waals surface area contributed by atoms with Crippen LogP contribution in [0, 0.1) is 0 Å². The van der Waals surface area contributed by atoms with E-state index in [0.717, 1.165) is 51.1 Å². The Morgan fingerprint density at radius 3 is 2.52 bits per heavy atom. The molecular formula is C17H29N3O. The topological polar surface area (TPSA) is 31.6 Å². The number of rotatable bonds is 5. The molecule has 0 aromatic carbocycles. The average molecular weight is 291 g/mol. The van der Waals surface area contributed by atoms with Crippen molar-refractivity contribution in [1.29, 1.82) is 0 Å². The first-order valence-corrected chi connectivity index (χ1v) is 8.28. The summed E-state index contributed by atoms with van der Waals surface area (Å²) in [6, 6.07) is 2.87. The molecule has 0 amide bonds. The van der Waals surface area contributed by atoms with E-state index in [4.69, 9.17) is 4.42 Å². The van der Waals surface area contributed by atoms with E-state index in [-0.39, 0.29) is 5.54 Å². The lowest BCUT2D eigenvalue weighted by atomic mass is 10.0. The Morgan fingerprint density at radius 2 is 1.90 bits per heavy atom. The second kappa shape index (κ2) is 6.11. The van der Waals surface area contributed by atoms with Crippen LogP contribution in [0.25, 0.3) is 0 Å². The molecule has 0 spiro atoms. The standard InChI is InChI=1S/C17H29N3O/c1-17(2,3)20-9-7-19(8-10-20)13-16-14(6-11-21-16)12-18-15-4-5-15/h6,11,15,18H,4-5,7-10,12-13H2,1-3H3. The molecule has 1 aliphatic heterocycles. The fourth-order valence-corrected chi connectivity index (χ4v) is 2.98. The van der Waals surface area contributed by atoms with E-state index in [0.29, 0.717) is 0 Å². The highest BCUT2D eigenvalue weighted by Crippen LogP contribution is 2.22. The summed E-state index contributed by atoms with van der Waals surface area (Å²) in [5.41, 5.74) is 1.62. The van der Waals surface area contributed by atoms with Gasteiger partial charge in [0.2, 0.25) is 0 Å². The van der Waals surface area contributed by atoms with Crippen molar-refractivity contribution in [2.45, 2.75) is 58.3 Å². The van der Waals surface area contributed by atoms with E-state index in [1.54, 1.807) is 0 Å². The smallest absolute Gasteiger partial charge is 0.122 e. The van der Waals surface area contributed by atoms with E-state index in [9.17, 15) is 0 Å². The van der Waals surface area contributed by atoms with Crippen LogP contribution in [0.5, 0.6) is 0 Å². The summed E-state index contributed by atoms with van der Waals surface area (Å²) in [4.78, 5) is 5.09. The van der Waals surface area contributed by atoms with Crippen LogP contribution in [0.2, 0.25) is 0 Å². The molecule has 2 aliphatic rings. The number of hydrogen-bond donors (Lipinski definition) is 1. The minimum absolute atomic E-state index is 0.288. The summed E-state index contributed by atoms with van der Waals surface area (Å²) in [6.07, 6.45) is 4.51. The van der Waals surface area contributed by atoms with E-state index in [1.807, 2.05) is 6.26 Å². The van der Waals surface area contributed by atoms with Gasteiger partial charge in [-0.1, -0.05) is 0 Å². The lowest BCUT2D eigenvalue weighted by Gasteiger charge is -2.42. The van der Waals surface area contributed by atoms with Crippen LogP contribution in [0.4, 0.5) is 0 Å². The average Bonchev–Trinajstić information content (AvgIpc) is 3.17.